The zero-order valence-corrected chi connectivity index (χ0v) is 18.3. The monoisotopic (exact) mass is 424 g/mol. The van der Waals surface area contributed by atoms with Crippen molar-refractivity contribution in [2.45, 2.75) is 32.9 Å². The number of hydrogen-bond donors (Lipinski definition) is 0. The van der Waals surface area contributed by atoms with Crippen LogP contribution in [-0.4, -0.2) is 61.8 Å². The summed E-state index contributed by atoms with van der Waals surface area (Å²) in [6.45, 7) is 8.53. The maximum atomic E-state index is 12.5. The molecule has 2 aromatic carbocycles. The lowest BCUT2D eigenvalue weighted by Gasteiger charge is -2.26. The number of nitrogens with zero attached hydrogens (tertiary/aromatic N) is 2. The number of ether oxygens (including phenoxy) is 3. The molecule has 2 aliphatic rings. The Kier molecular flexibility index (Phi) is 7.43. The SMILES string of the molecule is CCOc1ccccc1CN1CCOc2ccc(CCC(=O)N3CCOCC3)cc2C1. The van der Waals surface area contributed by atoms with Gasteiger partial charge in [0.05, 0.1) is 19.8 Å². The highest BCUT2D eigenvalue weighted by atomic mass is 16.5. The molecule has 31 heavy (non-hydrogen) atoms. The van der Waals surface area contributed by atoms with Gasteiger partial charge in [-0.3, -0.25) is 9.69 Å². The van der Waals surface area contributed by atoms with Gasteiger partial charge in [0.15, 0.2) is 0 Å². The van der Waals surface area contributed by atoms with Crippen LogP contribution in [0, 0.1) is 0 Å². The minimum absolute atomic E-state index is 0.212. The normalized spacial score (nSPS) is 16.9. The highest BCUT2D eigenvalue weighted by Crippen LogP contribution is 2.27. The van der Waals surface area contributed by atoms with Crippen LogP contribution in [0.3, 0.4) is 0 Å². The molecule has 0 aliphatic carbocycles. The predicted octanol–water partition coefficient (Wildman–Crippen LogP) is 3.27. The number of amides is 1. The van der Waals surface area contributed by atoms with Crippen LogP contribution in [0.4, 0.5) is 0 Å². The number of carbonyl (C=O) groups is 1. The maximum Gasteiger partial charge on any atom is 0.223 e. The van der Waals surface area contributed by atoms with Crippen molar-refractivity contribution in [3.05, 3.63) is 59.2 Å². The Balaban J connectivity index is 1.40. The summed E-state index contributed by atoms with van der Waals surface area (Å²) < 4.78 is 17.1. The van der Waals surface area contributed by atoms with E-state index in [1.54, 1.807) is 0 Å². The van der Waals surface area contributed by atoms with Crippen molar-refractivity contribution in [2.75, 3.05) is 46.1 Å². The zero-order valence-electron chi connectivity index (χ0n) is 18.3. The van der Waals surface area contributed by atoms with Crippen LogP contribution < -0.4 is 9.47 Å². The molecular formula is C25H32N2O4. The molecule has 4 rings (SSSR count). The number of benzene rings is 2. The van der Waals surface area contributed by atoms with Crippen molar-refractivity contribution < 1.29 is 19.0 Å². The number of carbonyl (C=O) groups excluding carboxylic acids is 1. The van der Waals surface area contributed by atoms with Gasteiger partial charge in [-0.25, -0.2) is 0 Å². The molecule has 0 aromatic heterocycles. The Morgan fingerprint density at radius 3 is 2.74 bits per heavy atom. The molecule has 1 amide bonds. The van der Waals surface area contributed by atoms with Gasteiger partial charge in [-0.2, -0.15) is 0 Å². The minimum atomic E-state index is 0.212. The standard InChI is InChI=1S/C25H32N2O4/c1-2-30-23-6-4-3-5-21(23)18-26-11-16-31-24-9-7-20(17-22(24)19-26)8-10-25(28)27-12-14-29-15-13-27/h3-7,9,17H,2,8,10-16,18-19H2,1H3. The molecule has 0 saturated carbocycles. The van der Waals surface area contributed by atoms with E-state index in [4.69, 9.17) is 14.2 Å². The second-order valence-corrected chi connectivity index (χ2v) is 8.04. The first-order valence-corrected chi connectivity index (χ1v) is 11.3. The van der Waals surface area contributed by atoms with Gasteiger partial charge in [-0.05, 0) is 31.0 Å². The van der Waals surface area contributed by atoms with E-state index in [2.05, 4.69) is 35.2 Å². The van der Waals surface area contributed by atoms with Crippen molar-refractivity contribution in [1.82, 2.24) is 9.80 Å². The van der Waals surface area contributed by atoms with Gasteiger partial charge in [-0.1, -0.05) is 30.3 Å². The fourth-order valence-corrected chi connectivity index (χ4v) is 4.19. The van der Waals surface area contributed by atoms with E-state index < -0.39 is 0 Å². The third-order valence-corrected chi connectivity index (χ3v) is 5.84. The molecule has 0 bridgehead atoms. The highest BCUT2D eigenvalue weighted by molar-refractivity contribution is 5.76. The Bertz CT molecular complexity index is 880. The van der Waals surface area contributed by atoms with Crippen molar-refractivity contribution in [3.8, 4) is 11.5 Å². The number of morpholine rings is 1. The topological polar surface area (TPSA) is 51.2 Å². The first kappa shape index (κ1) is 21.7. The highest BCUT2D eigenvalue weighted by Gasteiger charge is 2.19. The fraction of sp³-hybridized carbons (Fsp3) is 0.480. The van der Waals surface area contributed by atoms with E-state index in [-0.39, 0.29) is 5.91 Å². The quantitative estimate of drug-likeness (QED) is 0.683. The van der Waals surface area contributed by atoms with Crippen LogP contribution in [0.15, 0.2) is 42.5 Å². The molecule has 2 heterocycles. The van der Waals surface area contributed by atoms with Crippen molar-refractivity contribution in [2.24, 2.45) is 0 Å². The molecule has 0 unspecified atom stereocenters. The Labute approximate surface area is 184 Å². The van der Waals surface area contributed by atoms with Gasteiger partial charge >= 0.3 is 0 Å². The van der Waals surface area contributed by atoms with Gasteiger partial charge in [0, 0.05) is 50.3 Å². The Morgan fingerprint density at radius 1 is 1.06 bits per heavy atom. The second-order valence-electron chi connectivity index (χ2n) is 8.04. The van der Waals surface area contributed by atoms with Gasteiger partial charge in [0.1, 0.15) is 18.1 Å². The fourth-order valence-electron chi connectivity index (χ4n) is 4.19. The average molecular weight is 425 g/mol. The van der Waals surface area contributed by atoms with Crippen LogP contribution in [-0.2, 0) is 29.0 Å². The molecule has 0 N–H and O–H groups in total. The number of para-hydroxylation sites is 1. The summed E-state index contributed by atoms with van der Waals surface area (Å²) in [4.78, 5) is 16.8. The molecule has 2 aromatic rings. The van der Waals surface area contributed by atoms with E-state index >= 15 is 0 Å². The number of rotatable bonds is 7. The third-order valence-electron chi connectivity index (χ3n) is 5.84. The van der Waals surface area contributed by atoms with Crippen molar-refractivity contribution >= 4 is 5.91 Å². The van der Waals surface area contributed by atoms with Crippen LogP contribution in [0.2, 0.25) is 0 Å². The summed E-state index contributed by atoms with van der Waals surface area (Å²) >= 11 is 0. The zero-order chi connectivity index (χ0) is 21.5. The molecule has 6 nitrogen and oxygen atoms in total. The molecular weight excluding hydrogens is 392 g/mol. The van der Waals surface area contributed by atoms with Gasteiger partial charge in [0.2, 0.25) is 5.91 Å². The molecule has 6 heteroatoms. The molecule has 166 valence electrons. The van der Waals surface area contributed by atoms with Gasteiger partial charge in [-0.15, -0.1) is 0 Å². The molecule has 1 fully saturated rings. The summed E-state index contributed by atoms with van der Waals surface area (Å²) in [5.41, 5.74) is 3.56. The second kappa shape index (κ2) is 10.6. The van der Waals surface area contributed by atoms with E-state index in [0.29, 0.717) is 45.9 Å². The first-order chi connectivity index (χ1) is 15.2. The molecule has 0 radical (unpaired) electrons. The van der Waals surface area contributed by atoms with Crippen molar-refractivity contribution in [1.29, 1.82) is 0 Å². The van der Waals surface area contributed by atoms with Crippen LogP contribution in [0.1, 0.15) is 30.0 Å². The molecule has 2 aliphatic heterocycles. The summed E-state index contributed by atoms with van der Waals surface area (Å²) in [5, 5.41) is 0. The lowest BCUT2D eigenvalue weighted by molar-refractivity contribution is -0.135. The maximum absolute atomic E-state index is 12.5. The molecule has 0 atom stereocenters. The van der Waals surface area contributed by atoms with Crippen LogP contribution in [0.5, 0.6) is 11.5 Å². The number of aryl methyl sites for hydroxylation is 1. The molecule has 1 saturated heterocycles. The van der Waals surface area contributed by atoms with Crippen molar-refractivity contribution in [3.63, 3.8) is 0 Å². The smallest absolute Gasteiger partial charge is 0.223 e. The Morgan fingerprint density at radius 2 is 1.90 bits per heavy atom. The van der Waals surface area contributed by atoms with E-state index in [9.17, 15) is 4.79 Å². The summed E-state index contributed by atoms with van der Waals surface area (Å²) in [6, 6.07) is 14.6. The first-order valence-electron chi connectivity index (χ1n) is 11.3. The van der Waals surface area contributed by atoms with Gasteiger partial charge < -0.3 is 19.1 Å². The minimum Gasteiger partial charge on any atom is -0.494 e. The van der Waals surface area contributed by atoms with E-state index in [1.165, 1.54) is 16.7 Å². The lowest BCUT2D eigenvalue weighted by atomic mass is 10.0. The molecule has 0 spiro atoms. The number of hydrogen-bond acceptors (Lipinski definition) is 5. The lowest BCUT2D eigenvalue weighted by Crippen LogP contribution is -2.40. The summed E-state index contributed by atoms with van der Waals surface area (Å²) in [7, 11) is 0. The number of fused-ring (bicyclic) bond motifs is 1. The van der Waals surface area contributed by atoms with Gasteiger partial charge in [0.25, 0.3) is 0 Å². The third kappa shape index (κ3) is 5.77. The van der Waals surface area contributed by atoms with E-state index in [0.717, 1.165) is 37.6 Å². The average Bonchev–Trinajstić information content (AvgIpc) is 3.00. The summed E-state index contributed by atoms with van der Waals surface area (Å²) in [5.74, 6) is 2.11. The summed E-state index contributed by atoms with van der Waals surface area (Å²) in [6.07, 6.45) is 1.28. The van der Waals surface area contributed by atoms with Crippen LogP contribution in [0.25, 0.3) is 0 Å². The largest absolute Gasteiger partial charge is 0.494 e. The predicted molar refractivity (Wildman–Crippen MR) is 119 cm³/mol. The Hall–Kier alpha value is -2.57. The van der Waals surface area contributed by atoms with E-state index in [1.807, 2.05) is 24.0 Å². The van der Waals surface area contributed by atoms with Crippen LogP contribution >= 0.6 is 0 Å².